The quantitative estimate of drug-likeness (QED) is 0.758. The topological polar surface area (TPSA) is 84.3 Å². The molecule has 0 aromatic carbocycles. The van der Waals surface area contributed by atoms with Crippen LogP contribution in [0, 0.1) is 13.8 Å². The number of aromatic amines is 1. The lowest BCUT2D eigenvalue weighted by atomic mass is 10.4. The minimum Gasteiger partial charge on any atom is -0.354 e. The Morgan fingerprint density at radius 1 is 1.30 bits per heavy atom. The molecule has 0 spiro atoms. The lowest BCUT2D eigenvalue weighted by Gasteiger charge is -2.08. The Balaban J connectivity index is 2.17. The van der Waals surface area contributed by atoms with Gasteiger partial charge in [-0.05, 0) is 26.3 Å². The molecule has 0 radical (unpaired) electrons. The number of H-pyrrole nitrogens is 1. The van der Waals surface area contributed by atoms with Gasteiger partial charge in [0, 0.05) is 12.2 Å². The van der Waals surface area contributed by atoms with E-state index >= 15 is 0 Å². The first-order chi connectivity index (χ1) is 9.69. The lowest BCUT2D eigenvalue weighted by Crippen LogP contribution is -2.09. The van der Waals surface area contributed by atoms with Gasteiger partial charge in [0.1, 0.15) is 5.52 Å². The number of aromatic nitrogens is 6. The minimum absolute atomic E-state index is 0.578. The first kappa shape index (κ1) is 12.6. The van der Waals surface area contributed by atoms with E-state index in [0.717, 1.165) is 35.7 Å². The molecule has 3 heterocycles. The van der Waals surface area contributed by atoms with Crippen LogP contribution in [0.15, 0.2) is 12.4 Å². The molecule has 3 rings (SSSR count). The van der Waals surface area contributed by atoms with Crippen LogP contribution in [0.2, 0.25) is 0 Å². The van der Waals surface area contributed by atoms with E-state index in [9.17, 15) is 0 Å². The highest BCUT2D eigenvalue weighted by Crippen LogP contribution is 2.19. The van der Waals surface area contributed by atoms with Gasteiger partial charge in [0.25, 0.3) is 0 Å². The summed E-state index contributed by atoms with van der Waals surface area (Å²) in [6, 6.07) is 2.02. The second-order valence-electron chi connectivity index (χ2n) is 4.74. The molecule has 0 aliphatic heterocycles. The maximum absolute atomic E-state index is 4.56. The van der Waals surface area contributed by atoms with Crippen LogP contribution < -0.4 is 5.32 Å². The van der Waals surface area contributed by atoms with Crippen LogP contribution in [0.4, 0.5) is 5.95 Å². The number of hydrogen-bond donors (Lipinski definition) is 2. The van der Waals surface area contributed by atoms with Crippen molar-refractivity contribution < 1.29 is 0 Å². The summed E-state index contributed by atoms with van der Waals surface area (Å²) in [5.41, 5.74) is 3.41. The molecule has 0 unspecified atom stereocenters. The van der Waals surface area contributed by atoms with E-state index in [1.165, 1.54) is 0 Å². The summed E-state index contributed by atoms with van der Waals surface area (Å²) in [7, 11) is 0. The first-order valence-electron chi connectivity index (χ1n) is 6.67. The van der Waals surface area contributed by atoms with Crippen molar-refractivity contribution in [2.75, 3.05) is 11.9 Å². The number of imidazole rings is 1. The molecular formula is C13H17N7. The van der Waals surface area contributed by atoms with Crippen molar-refractivity contribution in [2.45, 2.75) is 27.2 Å². The monoisotopic (exact) mass is 271 g/mol. The Kier molecular flexibility index (Phi) is 3.09. The van der Waals surface area contributed by atoms with Crippen LogP contribution in [0.1, 0.15) is 24.7 Å². The standard InChI is InChI=1S/C13H17N7/c1-4-5-14-13-17-11-10(15-7-16-11)12(18-13)20-9(3)6-8(2)19-20/h6-7H,4-5H2,1-3H3,(H2,14,15,16,17,18). The maximum atomic E-state index is 4.56. The van der Waals surface area contributed by atoms with Gasteiger partial charge in [-0.3, -0.25) is 0 Å². The molecule has 104 valence electrons. The third-order valence-electron chi connectivity index (χ3n) is 3.01. The summed E-state index contributed by atoms with van der Waals surface area (Å²) >= 11 is 0. The van der Waals surface area contributed by atoms with Crippen LogP contribution in [0.3, 0.4) is 0 Å². The first-order valence-corrected chi connectivity index (χ1v) is 6.67. The number of rotatable bonds is 4. The fourth-order valence-electron chi connectivity index (χ4n) is 2.13. The molecule has 0 aliphatic rings. The maximum Gasteiger partial charge on any atom is 0.226 e. The second-order valence-corrected chi connectivity index (χ2v) is 4.74. The van der Waals surface area contributed by atoms with Crippen molar-refractivity contribution in [3.8, 4) is 5.82 Å². The van der Waals surface area contributed by atoms with Gasteiger partial charge in [0.15, 0.2) is 11.5 Å². The highest BCUT2D eigenvalue weighted by molar-refractivity contribution is 5.79. The SMILES string of the molecule is CCCNc1nc(-n2nc(C)cc2C)c2[nH]cnc2n1. The smallest absolute Gasteiger partial charge is 0.226 e. The van der Waals surface area contributed by atoms with Crippen LogP contribution in [-0.2, 0) is 0 Å². The van der Waals surface area contributed by atoms with Gasteiger partial charge in [-0.2, -0.15) is 15.1 Å². The molecule has 2 N–H and O–H groups in total. The Morgan fingerprint density at radius 2 is 2.15 bits per heavy atom. The minimum atomic E-state index is 0.578. The van der Waals surface area contributed by atoms with Crippen molar-refractivity contribution >= 4 is 17.1 Å². The normalized spacial score (nSPS) is 11.2. The summed E-state index contributed by atoms with van der Waals surface area (Å²) in [5, 5.41) is 7.68. The van der Waals surface area contributed by atoms with Crippen molar-refractivity contribution in [1.82, 2.24) is 29.7 Å². The number of aryl methyl sites for hydroxylation is 2. The summed E-state index contributed by atoms with van der Waals surface area (Å²) < 4.78 is 1.81. The van der Waals surface area contributed by atoms with Gasteiger partial charge >= 0.3 is 0 Å². The molecule has 0 saturated heterocycles. The molecule has 0 atom stereocenters. The highest BCUT2D eigenvalue weighted by Gasteiger charge is 2.14. The molecule has 7 nitrogen and oxygen atoms in total. The number of fused-ring (bicyclic) bond motifs is 1. The molecule has 0 amide bonds. The largest absolute Gasteiger partial charge is 0.354 e. The van der Waals surface area contributed by atoms with Crippen molar-refractivity contribution in [3.63, 3.8) is 0 Å². The van der Waals surface area contributed by atoms with Gasteiger partial charge in [0.2, 0.25) is 5.95 Å². The fourth-order valence-corrected chi connectivity index (χ4v) is 2.13. The van der Waals surface area contributed by atoms with E-state index in [1.807, 2.05) is 24.6 Å². The lowest BCUT2D eigenvalue weighted by molar-refractivity contribution is 0.807. The average molecular weight is 271 g/mol. The molecule has 0 saturated carbocycles. The Labute approximate surface area is 116 Å². The van der Waals surface area contributed by atoms with Crippen molar-refractivity contribution in [1.29, 1.82) is 0 Å². The number of nitrogens with one attached hydrogen (secondary N) is 2. The number of nitrogens with zero attached hydrogens (tertiary/aromatic N) is 5. The van der Waals surface area contributed by atoms with Gasteiger partial charge in [-0.25, -0.2) is 9.67 Å². The van der Waals surface area contributed by atoms with Crippen LogP contribution in [-0.4, -0.2) is 36.3 Å². The predicted molar refractivity (Wildman–Crippen MR) is 77.1 cm³/mol. The predicted octanol–water partition coefficient (Wildman–Crippen LogP) is 1.98. The van der Waals surface area contributed by atoms with E-state index in [1.54, 1.807) is 6.33 Å². The molecule has 3 aromatic rings. The zero-order valence-corrected chi connectivity index (χ0v) is 11.8. The van der Waals surface area contributed by atoms with Crippen LogP contribution >= 0.6 is 0 Å². The van der Waals surface area contributed by atoms with E-state index in [0.29, 0.717) is 11.6 Å². The summed E-state index contributed by atoms with van der Waals surface area (Å²) in [6.07, 6.45) is 2.63. The van der Waals surface area contributed by atoms with Crippen LogP contribution in [0.25, 0.3) is 17.0 Å². The molecule has 0 fully saturated rings. The molecule has 7 heteroatoms. The summed E-state index contributed by atoms with van der Waals surface area (Å²) in [6.45, 7) is 6.89. The van der Waals surface area contributed by atoms with Gasteiger partial charge in [-0.1, -0.05) is 6.92 Å². The van der Waals surface area contributed by atoms with E-state index < -0.39 is 0 Å². The third-order valence-corrected chi connectivity index (χ3v) is 3.01. The van der Waals surface area contributed by atoms with E-state index in [2.05, 4.69) is 37.3 Å². The zero-order valence-electron chi connectivity index (χ0n) is 11.8. The van der Waals surface area contributed by atoms with Crippen LogP contribution in [0.5, 0.6) is 0 Å². The average Bonchev–Trinajstić information content (AvgIpc) is 3.01. The molecular weight excluding hydrogens is 254 g/mol. The second kappa shape index (κ2) is 4.92. The fraction of sp³-hybridized carbons (Fsp3) is 0.385. The van der Waals surface area contributed by atoms with Gasteiger partial charge in [0.05, 0.1) is 12.0 Å². The van der Waals surface area contributed by atoms with E-state index in [-0.39, 0.29) is 0 Å². The molecule has 20 heavy (non-hydrogen) atoms. The summed E-state index contributed by atoms with van der Waals surface area (Å²) in [5.74, 6) is 1.30. The van der Waals surface area contributed by atoms with Gasteiger partial charge < -0.3 is 10.3 Å². The van der Waals surface area contributed by atoms with E-state index in [4.69, 9.17) is 0 Å². The van der Waals surface area contributed by atoms with Gasteiger partial charge in [-0.15, -0.1) is 0 Å². The third kappa shape index (κ3) is 2.11. The Morgan fingerprint density at radius 3 is 2.85 bits per heavy atom. The zero-order chi connectivity index (χ0) is 14.1. The molecule has 0 bridgehead atoms. The molecule has 3 aromatic heterocycles. The Hall–Kier alpha value is -2.44. The Bertz CT molecular complexity index is 740. The number of hydrogen-bond acceptors (Lipinski definition) is 5. The van der Waals surface area contributed by atoms with Crippen molar-refractivity contribution in [2.24, 2.45) is 0 Å². The summed E-state index contributed by atoms with van der Waals surface area (Å²) in [4.78, 5) is 16.3. The highest BCUT2D eigenvalue weighted by atomic mass is 15.3. The number of anilines is 1. The van der Waals surface area contributed by atoms with Crippen molar-refractivity contribution in [3.05, 3.63) is 23.8 Å². The molecule has 0 aliphatic carbocycles.